The van der Waals surface area contributed by atoms with Crippen molar-refractivity contribution in [3.05, 3.63) is 101 Å². The summed E-state index contributed by atoms with van der Waals surface area (Å²) in [7, 11) is 1.52. The van der Waals surface area contributed by atoms with Gasteiger partial charge in [0.25, 0.3) is 0 Å². The molecule has 1 unspecified atom stereocenters. The van der Waals surface area contributed by atoms with Gasteiger partial charge in [-0.05, 0) is 47.4 Å². The van der Waals surface area contributed by atoms with Crippen LogP contribution >= 0.6 is 0 Å². The average molecular weight is 459 g/mol. The van der Waals surface area contributed by atoms with Gasteiger partial charge in [0.15, 0.2) is 6.10 Å². The molecule has 3 aromatic rings. The first kappa shape index (κ1) is 23.6. The number of para-hydroxylation sites is 1. The minimum Gasteiger partial charge on any atom is -0.493 e. The van der Waals surface area contributed by atoms with Gasteiger partial charge >= 0.3 is 5.97 Å². The van der Waals surface area contributed by atoms with Crippen molar-refractivity contribution in [1.82, 2.24) is 0 Å². The van der Waals surface area contributed by atoms with Gasteiger partial charge in [-0.3, -0.25) is 0 Å². The predicted octanol–water partition coefficient (Wildman–Crippen LogP) is 5.60. The van der Waals surface area contributed by atoms with Crippen molar-refractivity contribution < 1.29 is 23.7 Å². The predicted molar refractivity (Wildman–Crippen MR) is 132 cm³/mol. The molecule has 0 aromatic heterocycles. The molecule has 1 atom stereocenters. The fourth-order valence-electron chi connectivity index (χ4n) is 4.06. The molecule has 1 aliphatic rings. The van der Waals surface area contributed by atoms with Crippen LogP contribution in [0.2, 0.25) is 0 Å². The zero-order chi connectivity index (χ0) is 23.8. The average Bonchev–Trinajstić information content (AvgIpc) is 3.03. The van der Waals surface area contributed by atoms with Crippen LogP contribution in [0.15, 0.2) is 78.9 Å². The van der Waals surface area contributed by atoms with Gasteiger partial charge in [0, 0.05) is 25.5 Å². The van der Waals surface area contributed by atoms with Crippen LogP contribution in [-0.2, 0) is 27.3 Å². The van der Waals surface area contributed by atoms with Gasteiger partial charge in [0.1, 0.15) is 18.1 Å². The van der Waals surface area contributed by atoms with Gasteiger partial charge in [-0.15, -0.1) is 0 Å². The molecule has 3 aromatic carbocycles. The van der Waals surface area contributed by atoms with Gasteiger partial charge in [0.2, 0.25) is 0 Å². The van der Waals surface area contributed by atoms with Crippen molar-refractivity contribution in [2.75, 3.05) is 20.3 Å². The maximum Gasteiger partial charge on any atom is 0.335 e. The van der Waals surface area contributed by atoms with E-state index < -0.39 is 6.10 Å². The lowest BCUT2D eigenvalue weighted by Crippen LogP contribution is -2.27. The van der Waals surface area contributed by atoms with Gasteiger partial charge < -0.3 is 18.9 Å². The fraction of sp³-hybridized carbons (Fsp3) is 0.276. The molecular formula is C29H30O5. The van der Waals surface area contributed by atoms with Crippen molar-refractivity contribution in [1.29, 1.82) is 0 Å². The van der Waals surface area contributed by atoms with E-state index in [2.05, 4.69) is 30.3 Å². The zero-order valence-electron chi connectivity index (χ0n) is 19.7. The Morgan fingerprint density at radius 1 is 1.00 bits per heavy atom. The maximum absolute atomic E-state index is 11.9. The summed E-state index contributed by atoms with van der Waals surface area (Å²) < 4.78 is 22.4. The Bertz CT molecular complexity index is 1080. The highest BCUT2D eigenvalue weighted by molar-refractivity contribution is 5.84. The Morgan fingerprint density at radius 3 is 2.50 bits per heavy atom. The number of rotatable bonds is 9. The lowest BCUT2D eigenvalue weighted by Gasteiger charge is -2.14. The Balaban J connectivity index is 1.40. The summed E-state index contributed by atoms with van der Waals surface area (Å²) in [4.78, 5) is 11.9. The largest absolute Gasteiger partial charge is 0.493 e. The van der Waals surface area contributed by atoms with E-state index in [0.717, 1.165) is 29.0 Å². The van der Waals surface area contributed by atoms with E-state index in [-0.39, 0.29) is 5.97 Å². The summed E-state index contributed by atoms with van der Waals surface area (Å²) in [6.45, 7) is 3.24. The van der Waals surface area contributed by atoms with Gasteiger partial charge in [-0.2, -0.15) is 0 Å². The minimum absolute atomic E-state index is 0.339. The Morgan fingerprint density at radius 2 is 1.74 bits per heavy atom. The highest BCUT2D eigenvalue weighted by atomic mass is 16.6. The van der Waals surface area contributed by atoms with Gasteiger partial charge in [0.05, 0.1) is 13.2 Å². The molecule has 0 spiro atoms. The Hall–Kier alpha value is -3.57. The van der Waals surface area contributed by atoms with Crippen LogP contribution in [0.4, 0.5) is 0 Å². The van der Waals surface area contributed by atoms with Crippen LogP contribution in [0.1, 0.15) is 35.6 Å². The number of methoxy groups -OCH3 is 1. The molecule has 0 saturated carbocycles. The third-order valence-corrected chi connectivity index (χ3v) is 5.78. The first-order chi connectivity index (χ1) is 16.7. The summed E-state index contributed by atoms with van der Waals surface area (Å²) >= 11 is 0. The molecule has 34 heavy (non-hydrogen) atoms. The van der Waals surface area contributed by atoms with Crippen LogP contribution in [0.5, 0.6) is 11.5 Å². The molecule has 4 rings (SSSR count). The minimum atomic E-state index is -0.604. The molecule has 0 saturated heterocycles. The molecule has 176 valence electrons. The number of carbonyl (C=O) groups is 1. The van der Waals surface area contributed by atoms with E-state index in [1.54, 1.807) is 6.92 Å². The molecule has 0 fully saturated rings. The monoisotopic (exact) mass is 458 g/mol. The van der Waals surface area contributed by atoms with E-state index in [9.17, 15) is 4.79 Å². The molecule has 0 amide bonds. The van der Waals surface area contributed by atoms with Crippen molar-refractivity contribution >= 4 is 11.5 Å². The number of hydrogen-bond acceptors (Lipinski definition) is 5. The van der Waals surface area contributed by atoms with Crippen LogP contribution in [-0.4, -0.2) is 32.4 Å². The third-order valence-electron chi connectivity index (χ3n) is 5.78. The van der Waals surface area contributed by atoms with Gasteiger partial charge in [-0.25, -0.2) is 4.79 Å². The SMILES string of the molecule is CCOC(=O)C(Cc1ccc(OCC/C=C2\c3ccccc3COc3ccccc32)cc1)OC. The number of fused-ring (bicyclic) bond motifs is 2. The van der Waals surface area contributed by atoms with Crippen molar-refractivity contribution in [2.24, 2.45) is 0 Å². The van der Waals surface area contributed by atoms with Gasteiger partial charge in [-0.1, -0.05) is 60.7 Å². The molecule has 0 N–H and O–H groups in total. The molecular weight excluding hydrogens is 428 g/mol. The van der Waals surface area contributed by atoms with E-state index in [0.29, 0.717) is 26.2 Å². The van der Waals surface area contributed by atoms with Crippen LogP contribution in [0, 0.1) is 0 Å². The Labute approximate surface area is 200 Å². The van der Waals surface area contributed by atoms with Crippen molar-refractivity contribution in [3.8, 4) is 11.5 Å². The molecule has 5 nitrogen and oxygen atoms in total. The maximum atomic E-state index is 11.9. The summed E-state index contributed by atoms with van der Waals surface area (Å²) in [5, 5.41) is 0. The lowest BCUT2D eigenvalue weighted by atomic mass is 9.93. The first-order valence-electron chi connectivity index (χ1n) is 11.6. The smallest absolute Gasteiger partial charge is 0.335 e. The molecule has 1 aliphatic heterocycles. The third kappa shape index (κ3) is 5.67. The van der Waals surface area contributed by atoms with Crippen molar-refractivity contribution in [3.63, 3.8) is 0 Å². The molecule has 1 heterocycles. The first-order valence-corrected chi connectivity index (χ1v) is 11.6. The summed E-state index contributed by atoms with van der Waals surface area (Å²) in [5.41, 5.74) is 5.64. The highest BCUT2D eigenvalue weighted by Crippen LogP contribution is 2.36. The number of benzene rings is 3. The number of carbonyl (C=O) groups excluding carboxylic acids is 1. The van der Waals surface area contributed by atoms with Crippen LogP contribution < -0.4 is 9.47 Å². The normalized spacial score (nSPS) is 14.4. The highest BCUT2D eigenvalue weighted by Gasteiger charge is 2.20. The van der Waals surface area contributed by atoms with Crippen molar-refractivity contribution in [2.45, 2.75) is 32.5 Å². The summed E-state index contributed by atoms with van der Waals surface area (Å²) in [6, 6.07) is 24.3. The molecule has 0 bridgehead atoms. The topological polar surface area (TPSA) is 54.0 Å². The second kappa shape index (κ2) is 11.5. The number of ether oxygens (including phenoxy) is 4. The number of hydrogen-bond donors (Lipinski definition) is 0. The van der Waals surface area contributed by atoms with E-state index in [1.807, 2.05) is 48.5 Å². The zero-order valence-corrected chi connectivity index (χ0v) is 19.7. The Kier molecular flexibility index (Phi) is 7.99. The molecule has 5 heteroatoms. The van der Waals surface area contributed by atoms with Crippen LogP contribution in [0.3, 0.4) is 0 Å². The second-order valence-corrected chi connectivity index (χ2v) is 8.02. The summed E-state index contributed by atoms with van der Waals surface area (Å²) in [6.07, 6.45) is 2.84. The quantitative estimate of drug-likeness (QED) is 0.309. The van der Waals surface area contributed by atoms with Crippen LogP contribution in [0.25, 0.3) is 5.57 Å². The van der Waals surface area contributed by atoms with E-state index >= 15 is 0 Å². The van der Waals surface area contributed by atoms with E-state index in [1.165, 1.54) is 23.8 Å². The molecule has 0 aliphatic carbocycles. The fourth-order valence-corrected chi connectivity index (χ4v) is 4.06. The second-order valence-electron chi connectivity index (χ2n) is 8.02. The standard InChI is InChI=1S/C29H30O5/c1-3-32-29(30)28(31-2)19-21-14-16-23(17-15-21)33-18-8-12-25-24-10-5-4-9-22(24)20-34-27-13-7-6-11-26(25)27/h4-7,9-17,28H,3,8,18-20H2,1-2H3/b25-12+. The van der Waals surface area contributed by atoms with E-state index in [4.69, 9.17) is 18.9 Å². The lowest BCUT2D eigenvalue weighted by molar-refractivity contribution is -0.154. The summed E-state index contributed by atoms with van der Waals surface area (Å²) in [5.74, 6) is 1.35. The molecule has 0 radical (unpaired) electrons. The number of esters is 1.